The molecule has 2 aromatic carbocycles. The second-order valence-electron chi connectivity index (χ2n) is 8.91. The van der Waals surface area contributed by atoms with Crippen LogP contribution in [0.4, 0.5) is 5.69 Å². The molecule has 2 aromatic rings. The van der Waals surface area contributed by atoms with Crippen LogP contribution in [0.5, 0.6) is 0 Å². The molecule has 4 rings (SSSR count). The number of hydrogen-bond donors (Lipinski definition) is 3. The molecule has 1 fully saturated rings. The Bertz CT molecular complexity index is 1080. The van der Waals surface area contributed by atoms with Crippen LogP contribution in [-0.4, -0.2) is 42.7 Å². The highest BCUT2D eigenvalue weighted by atomic mass is 32.2. The lowest BCUT2D eigenvalue weighted by molar-refractivity contribution is 0.189. The fraction of sp³-hybridized carbons (Fsp3) is 0.435. The van der Waals surface area contributed by atoms with Crippen molar-refractivity contribution in [1.29, 1.82) is 0 Å². The zero-order valence-electron chi connectivity index (χ0n) is 18.1. The van der Waals surface area contributed by atoms with Crippen LogP contribution in [0, 0.1) is 0 Å². The number of amidine groups is 1. The van der Waals surface area contributed by atoms with Gasteiger partial charge in [0.15, 0.2) is 5.79 Å². The van der Waals surface area contributed by atoms with Crippen LogP contribution in [0.2, 0.25) is 0 Å². The van der Waals surface area contributed by atoms with Crippen molar-refractivity contribution in [3.05, 3.63) is 65.7 Å². The lowest BCUT2D eigenvalue weighted by Crippen LogP contribution is -2.57. The van der Waals surface area contributed by atoms with Gasteiger partial charge in [-0.2, -0.15) is 0 Å². The second kappa shape index (κ2) is 7.93. The average Bonchev–Trinajstić information content (AvgIpc) is 2.74. The summed E-state index contributed by atoms with van der Waals surface area (Å²) in [7, 11) is -3.29. The summed E-state index contributed by atoms with van der Waals surface area (Å²) in [5, 5.41) is 2.95. The molecular formula is C23H31N5O2S. The molecule has 0 saturated carbocycles. The third-order valence-electron chi connectivity index (χ3n) is 6.50. The Hall–Kier alpha value is -2.42. The summed E-state index contributed by atoms with van der Waals surface area (Å²) in [5.74, 6) is -0.659. The molecule has 2 aliphatic heterocycles. The molecule has 0 spiro atoms. The number of nitrogens with one attached hydrogen (secondary N) is 1. The third kappa shape index (κ3) is 4.07. The predicted molar refractivity (Wildman–Crippen MR) is 125 cm³/mol. The van der Waals surface area contributed by atoms with Crippen LogP contribution in [0.1, 0.15) is 44.2 Å². The molecule has 1 atom stereocenters. The first-order chi connectivity index (χ1) is 14.7. The van der Waals surface area contributed by atoms with Gasteiger partial charge in [-0.1, -0.05) is 42.5 Å². The van der Waals surface area contributed by atoms with Crippen LogP contribution in [0.15, 0.2) is 59.6 Å². The largest absolute Gasteiger partial charge is 0.383 e. The van der Waals surface area contributed by atoms with Crippen molar-refractivity contribution in [2.45, 2.75) is 49.6 Å². The quantitative estimate of drug-likeness (QED) is 0.660. The van der Waals surface area contributed by atoms with E-state index in [0.29, 0.717) is 38.2 Å². The number of benzene rings is 2. The van der Waals surface area contributed by atoms with Crippen molar-refractivity contribution in [2.24, 2.45) is 16.5 Å². The van der Waals surface area contributed by atoms with Crippen molar-refractivity contribution in [3.63, 3.8) is 0 Å². The minimum atomic E-state index is -3.29. The maximum atomic E-state index is 12.7. The summed E-state index contributed by atoms with van der Waals surface area (Å²) in [4.78, 5) is 4.65. The van der Waals surface area contributed by atoms with E-state index >= 15 is 0 Å². The first-order valence-electron chi connectivity index (χ1n) is 10.7. The van der Waals surface area contributed by atoms with E-state index in [0.717, 1.165) is 16.8 Å². The number of nitrogens with zero attached hydrogens (tertiary/aromatic N) is 2. The molecule has 0 radical (unpaired) electrons. The van der Waals surface area contributed by atoms with Crippen molar-refractivity contribution in [1.82, 2.24) is 4.31 Å². The van der Waals surface area contributed by atoms with Gasteiger partial charge in [-0.3, -0.25) is 5.73 Å². The van der Waals surface area contributed by atoms with Gasteiger partial charge in [-0.05, 0) is 44.4 Å². The molecule has 1 saturated heterocycles. The number of anilines is 1. The maximum Gasteiger partial charge on any atom is 0.216 e. The van der Waals surface area contributed by atoms with Crippen LogP contribution >= 0.6 is 0 Å². The van der Waals surface area contributed by atoms with Gasteiger partial charge in [0.1, 0.15) is 5.84 Å². The van der Waals surface area contributed by atoms with E-state index < -0.39 is 21.1 Å². The lowest BCUT2D eigenvalue weighted by Gasteiger charge is -2.46. The number of nitrogens with two attached hydrogens (primary N) is 2. The van der Waals surface area contributed by atoms with E-state index in [1.807, 2.05) is 42.5 Å². The molecule has 8 heteroatoms. The topological polar surface area (TPSA) is 114 Å². The Morgan fingerprint density at radius 2 is 1.68 bits per heavy atom. The van der Waals surface area contributed by atoms with E-state index in [1.54, 1.807) is 18.2 Å². The van der Waals surface area contributed by atoms with Gasteiger partial charge >= 0.3 is 0 Å². The average molecular weight is 442 g/mol. The smallest absolute Gasteiger partial charge is 0.216 e. The second-order valence-corrected chi connectivity index (χ2v) is 11.4. The normalized spacial score (nSPS) is 23.7. The SMILES string of the molecule is CC(C)S(=O)(=O)N1CCC(CC2(N)N=C(N)c3ccccc3N2)(c2ccccc2)CC1. The Kier molecular flexibility index (Phi) is 5.57. The molecule has 2 aliphatic rings. The van der Waals surface area contributed by atoms with E-state index in [1.165, 1.54) is 0 Å². The molecule has 2 heterocycles. The van der Waals surface area contributed by atoms with Gasteiger partial charge in [0.25, 0.3) is 0 Å². The van der Waals surface area contributed by atoms with E-state index in [-0.39, 0.29) is 5.41 Å². The van der Waals surface area contributed by atoms with Crippen molar-refractivity contribution in [2.75, 3.05) is 18.4 Å². The molecule has 31 heavy (non-hydrogen) atoms. The van der Waals surface area contributed by atoms with Gasteiger partial charge in [-0.15, -0.1) is 0 Å². The number of sulfonamides is 1. The van der Waals surface area contributed by atoms with Crippen LogP contribution in [0.3, 0.4) is 0 Å². The summed E-state index contributed by atoms with van der Waals surface area (Å²) in [6, 6.07) is 17.9. The van der Waals surface area contributed by atoms with Crippen molar-refractivity contribution >= 4 is 21.5 Å². The van der Waals surface area contributed by atoms with Crippen molar-refractivity contribution in [3.8, 4) is 0 Å². The zero-order chi connectivity index (χ0) is 22.3. The summed E-state index contributed by atoms with van der Waals surface area (Å²) >= 11 is 0. The minimum Gasteiger partial charge on any atom is -0.383 e. The Morgan fingerprint density at radius 1 is 1.06 bits per heavy atom. The molecule has 7 nitrogen and oxygen atoms in total. The highest BCUT2D eigenvalue weighted by Crippen LogP contribution is 2.43. The fourth-order valence-corrected chi connectivity index (χ4v) is 6.07. The number of para-hydroxylation sites is 1. The summed E-state index contributed by atoms with van der Waals surface area (Å²) in [6.07, 6.45) is 1.84. The standard InChI is InChI=1S/C23H31N5O2S/c1-17(2)31(29,30)28-14-12-22(13-15-28,18-8-4-3-5-9-18)16-23(25)26-20-11-7-6-10-19(20)21(24)27-23/h3-11,17,26H,12-16,25H2,1-2H3,(H2,24,27). The number of hydrogen-bond acceptors (Lipinski definition) is 6. The maximum absolute atomic E-state index is 12.7. The van der Waals surface area contributed by atoms with Crippen LogP contribution in [0.25, 0.3) is 0 Å². The Balaban J connectivity index is 1.66. The molecule has 0 aliphatic carbocycles. The van der Waals surface area contributed by atoms with Crippen LogP contribution < -0.4 is 16.8 Å². The van der Waals surface area contributed by atoms with E-state index in [2.05, 4.69) is 22.4 Å². The van der Waals surface area contributed by atoms with Gasteiger partial charge in [-0.25, -0.2) is 17.7 Å². The number of aliphatic imine (C=N–C) groups is 1. The lowest BCUT2D eigenvalue weighted by atomic mass is 9.69. The Morgan fingerprint density at radius 3 is 2.32 bits per heavy atom. The third-order valence-corrected chi connectivity index (χ3v) is 8.78. The number of rotatable bonds is 5. The number of fused-ring (bicyclic) bond motifs is 1. The number of piperidine rings is 1. The van der Waals surface area contributed by atoms with E-state index in [4.69, 9.17) is 11.5 Å². The molecular weight excluding hydrogens is 410 g/mol. The zero-order valence-corrected chi connectivity index (χ0v) is 18.9. The summed E-state index contributed by atoms with van der Waals surface area (Å²) in [5.41, 5.74) is 15.6. The first-order valence-corrected chi connectivity index (χ1v) is 12.2. The first kappa shape index (κ1) is 21.8. The fourth-order valence-electron chi connectivity index (χ4n) is 4.78. The summed E-state index contributed by atoms with van der Waals surface area (Å²) in [6.45, 7) is 4.37. The van der Waals surface area contributed by atoms with Gasteiger partial charge in [0.2, 0.25) is 10.0 Å². The molecule has 166 valence electrons. The summed E-state index contributed by atoms with van der Waals surface area (Å²) < 4.78 is 27.0. The van der Waals surface area contributed by atoms with Gasteiger partial charge in [0, 0.05) is 36.2 Å². The van der Waals surface area contributed by atoms with Gasteiger partial charge < -0.3 is 11.1 Å². The van der Waals surface area contributed by atoms with Crippen LogP contribution in [-0.2, 0) is 15.4 Å². The molecule has 1 unspecified atom stereocenters. The van der Waals surface area contributed by atoms with Gasteiger partial charge in [0.05, 0.1) is 5.25 Å². The molecule has 0 bridgehead atoms. The Labute approximate surface area is 184 Å². The molecule has 0 aromatic heterocycles. The highest BCUT2D eigenvalue weighted by molar-refractivity contribution is 7.89. The minimum absolute atomic E-state index is 0.317. The predicted octanol–water partition coefficient (Wildman–Crippen LogP) is 2.59. The highest BCUT2D eigenvalue weighted by Gasteiger charge is 2.45. The molecule has 5 N–H and O–H groups in total. The molecule has 0 amide bonds. The monoisotopic (exact) mass is 441 g/mol. The van der Waals surface area contributed by atoms with Crippen molar-refractivity contribution < 1.29 is 8.42 Å². The van der Waals surface area contributed by atoms with E-state index in [9.17, 15) is 8.42 Å².